The van der Waals surface area contributed by atoms with E-state index in [-0.39, 0.29) is 24.0 Å². The van der Waals surface area contributed by atoms with Crippen LogP contribution in [0.5, 0.6) is 0 Å². The molecule has 6 heteroatoms. The average Bonchev–Trinajstić information content (AvgIpc) is 2.92. The van der Waals surface area contributed by atoms with Gasteiger partial charge in [-0.3, -0.25) is 4.68 Å². The van der Waals surface area contributed by atoms with Gasteiger partial charge in [0.25, 0.3) is 0 Å². The summed E-state index contributed by atoms with van der Waals surface area (Å²) >= 11 is 0. The van der Waals surface area contributed by atoms with Crippen molar-refractivity contribution in [3.8, 4) is 0 Å². The number of nitrogens with one attached hydrogen (secondary N) is 1. The third-order valence-corrected chi connectivity index (χ3v) is 5.66. The second-order valence-corrected chi connectivity index (χ2v) is 7.56. The van der Waals surface area contributed by atoms with Gasteiger partial charge in [-0.1, -0.05) is 30.3 Å². The molecule has 1 aromatic carbocycles. The Kier molecular flexibility index (Phi) is 8.79. The number of nitrogens with zero attached hydrogens (tertiary/aromatic N) is 4. The Morgan fingerprint density at radius 2 is 1.86 bits per heavy atom. The second kappa shape index (κ2) is 10.8. The molecular formula is C22H34IN5. The maximum Gasteiger partial charge on any atom is 0.194 e. The molecule has 0 bridgehead atoms. The summed E-state index contributed by atoms with van der Waals surface area (Å²) in [6.45, 7) is 10.1. The first kappa shape index (κ1) is 22.7. The summed E-state index contributed by atoms with van der Waals surface area (Å²) in [5.41, 5.74) is 4.98. The monoisotopic (exact) mass is 495 g/mol. The van der Waals surface area contributed by atoms with Crippen LogP contribution in [0.2, 0.25) is 0 Å². The Balaban J connectivity index is 0.00000280. The summed E-state index contributed by atoms with van der Waals surface area (Å²) in [4.78, 5) is 7.35. The Hall–Kier alpha value is -1.57. The largest absolute Gasteiger partial charge is 0.357 e. The summed E-state index contributed by atoms with van der Waals surface area (Å²) < 4.78 is 1.95. The molecule has 0 radical (unpaired) electrons. The average molecular weight is 495 g/mol. The first-order chi connectivity index (χ1) is 13.1. The van der Waals surface area contributed by atoms with E-state index in [0.717, 1.165) is 37.2 Å². The zero-order chi connectivity index (χ0) is 19.2. The molecule has 5 nitrogen and oxygen atoms in total. The van der Waals surface area contributed by atoms with Crippen LogP contribution in [-0.2, 0) is 20.0 Å². The second-order valence-electron chi connectivity index (χ2n) is 7.56. The van der Waals surface area contributed by atoms with Crippen molar-refractivity contribution in [1.29, 1.82) is 0 Å². The maximum atomic E-state index is 4.93. The zero-order valence-corrected chi connectivity index (χ0v) is 19.9. The Labute approximate surface area is 186 Å². The standard InChI is InChI=1S/C22H33N5.HI/c1-5-23-22(24-16-21-17(2)25-26(4)18(21)3)27-13-11-20(12-14-27)15-19-9-7-6-8-10-19;/h6-10,20H,5,11-16H2,1-4H3,(H,23,24);1H. The van der Waals surface area contributed by atoms with Gasteiger partial charge in [-0.15, -0.1) is 24.0 Å². The van der Waals surface area contributed by atoms with Crippen LogP contribution in [0.25, 0.3) is 0 Å². The van der Waals surface area contributed by atoms with Crippen LogP contribution in [0.4, 0.5) is 0 Å². The molecule has 0 spiro atoms. The number of hydrogen-bond donors (Lipinski definition) is 1. The fourth-order valence-corrected chi connectivity index (χ4v) is 3.92. The van der Waals surface area contributed by atoms with Gasteiger partial charge in [0.1, 0.15) is 0 Å². The first-order valence-corrected chi connectivity index (χ1v) is 10.1. The number of piperidine rings is 1. The van der Waals surface area contributed by atoms with E-state index in [0.29, 0.717) is 6.54 Å². The molecule has 0 atom stereocenters. The van der Waals surface area contributed by atoms with Crippen molar-refractivity contribution in [2.45, 2.75) is 46.6 Å². The summed E-state index contributed by atoms with van der Waals surface area (Å²) in [5, 5.41) is 7.99. The van der Waals surface area contributed by atoms with Gasteiger partial charge in [0, 0.05) is 37.9 Å². The molecule has 1 aliphatic rings. The SMILES string of the molecule is CCNC(=NCc1c(C)nn(C)c1C)N1CCC(Cc2ccccc2)CC1.I. The van der Waals surface area contributed by atoms with E-state index in [1.807, 2.05) is 11.7 Å². The number of likely N-dealkylation sites (tertiary alicyclic amines) is 1. The smallest absolute Gasteiger partial charge is 0.194 e. The lowest BCUT2D eigenvalue weighted by atomic mass is 9.90. The topological polar surface area (TPSA) is 45.5 Å². The molecule has 1 aliphatic heterocycles. The maximum absolute atomic E-state index is 4.93. The number of aromatic nitrogens is 2. The normalized spacial score (nSPS) is 15.4. The highest BCUT2D eigenvalue weighted by Crippen LogP contribution is 2.22. The van der Waals surface area contributed by atoms with Crippen LogP contribution in [0, 0.1) is 19.8 Å². The van der Waals surface area contributed by atoms with E-state index < -0.39 is 0 Å². The van der Waals surface area contributed by atoms with Gasteiger partial charge in [0.05, 0.1) is 12.2 Å². The van der Waals surface area contributed by atoms with Crippen molar-refractivity contribution >= 4 is 29.9 Å². The number of guanidine groups is 1. The highest BCUT2D eigenvalue weighted by molar-refractivity contribution is 14.0. The fourth-order valence-electron chi connectivity index (χ4n) is 3.92. The summed E-state index contributed by atoms with van der Waals surface area (Å²) in [6, 6.07) is 10.9. The summed E-state index contributed by atoms with van der Waals surface area (Å²) in [5.74, 6) is 1.81. The third-order valence-electron chi connectivity index (χ3n) is 5.66. The number of halogens is 1. The van der Waals surface area contributed by atoms with Crippen LogP contribution in [-0.4, -0.2) is 40.3 Å². The number of hydrogen-bond acceptors (Lipinski definition) is 2. The van der Waals surface area contributed by atoms with Crippen LogP contribution in [0.1, 0.15) is 42.3 Å². The fraction of sp³-hybridized carbons (Fsp3) is 0.545. The van der Waals surface area contributed by atoms with Gasteiger partial charge in [-0.05, 0) is 51.5 Å². The lowest BCUT2D eigenvalue weighted by molar-refractivity contribution is 0.259. The van der Waals surface area contributed by atoms with Crippen molar-refractivity contribution in [1.82, 2.24) is 20.0 Å². The Morgan fingerprint density at radius 3 is 2.43 bits per heavy atom. The molecule has 0 amide bonds. The molecule has 1 aromatic heterocycles. The predicted molar refractivity (Wildman–Crippen MR) is 127 cm³/mol. The van der Waals surface area contributed by atoms with Gasteiger partial charge in [0.2, 0.25) is 0 Å². The zero-order valence-electron chi connectivity index (χ0n) is 17.6. The summed E-state index contributed by atoms with van der Waals surface area (Å²) in [6.07, 6.45) is 3.64. The highest BCUT2D eigenvalue weighted by atomic mass is 127. The lowest BCUT2D eigenvalue weighted by Gasteiger charge is -2.34. The van der Waals surface area contributed by atoms with Gasteiger partial charge in [0.15, 0.2) is 5.96 Å². The van der Waals surface area contributed by atoms with Crippen molar-refractivity contribution in [2.24, 2.45) is 18.0 Å². The molecule has 1 fully saturated rings. The minimum absolute atomic E-state index is 0. The van der Waals surface area contributed by atoms with E-state index in [4.69, 9.17) is 4.99 Å². The van der Waals surface area contributed by atoms with Crippen molar-refractivity contribution in [3.05, 3.63) is 52.8 Å². The number of rotatable bonds is 5. The predicted octanol–water partition coefficient (Wildman–Crippen LogP) is 4.08. The van der Waals surface area contributed by atoms with Gasteiger partial charge >= 0.3 is 0 Å². The Bertz CT molecular complexity index is 761. The minimum Gasteiger partial charge on any atom is -0.357 e. The number of aliphatic imine (C=N–C) groups is 1. The molecule has 0 saturated carbocycles. The molecule has 1 N–H and O–H groups in total. The van der Waals surface area contributed by atoms with E-state index in [9.17, 15) is 0 Å². The van der Waals surface area contributed by atoms with E-state index in [1.54, 1.807) is 0 Å². The lowest BCUT2D eigenvalue weighted by Crippen LogP contribution is -2.45. The number of aryl methyl sites for hydroxylation is 2. The van der Waals surface area contributed by atoms with Gasteiger partial charge in [-0.2, -0.15) is 5.10 Å². The molecule has 2 heterocycles. The van der Waals surface area contributed by atoms with Crippen LogP contribution >= 0.6 is 24.0 Å². The van der Waals surface area contributed by atoms with Crippen LogP contribution in [0.15, 0.2) is 35.3 Å². The molecule has 2 aromatic rings. The first-order valence-electron chi connectivity index (χ1n) is 10.1. The van der Waals surface area contributed by atoms with Crippen LogP contribution in [0.3, 0.4) is 0 Å². The quantitative estimate of drug-likeness (QED) is 0.387. The van der Waals surface area contributed by atoms with Crippen molar-refractivity contribution < 1.29 is 0 Å². The third kappa shape index (κ3) is 5.72. The van der Waals surface area contributed by atoms with Crippen molar-refractivity contribution in [3.63, 3.8) is 0 Å². The summed E-state index contributed by atoms with van der Waals surface area (Å²) in [7, 11) is 2.00. The molecule has 0 aliphatic carbocycles. The van der Waals surface area contributed by atoms with E-state index >= 15 is 0 Å². The number of benzene rings is 1. The van der Waals surface area contributed by atoms with Crippen LogP contribution < -0.4 is 5.32 Å². The molecule has 154 valence electrons. The van der Waals surface area contributed by atoms with Gasteiger partial charge < -0.3 is 10.2 Å². The van der Waals surface area contributed by atoms with Crippen molar-refractivity contribution in [2.75, 3.05) is 19.6 Å². The molecule has 3 rings (SSSR count). The van der Waals surface area contributed by atoms with E-state index in [2.05, 4.69) is 66.4 Å². The van der Waals surface area contributed by atoms with Gasteiger partial charge in [-0.25, -0.2) is 4.99 Å². The molecule has 28 heavy (non-hydrogen) atoms. The minimum atomic E-state index is 0. The molecule has 0 unspecified atom stereocenters. The molecular weight excluding hydrogens is 461 g/mol. The molecule has 1 saturated heterocycles. The highest BCUT2D eigenvalue weighted by Gasteiger charge is 2.22. The van der Waals surface area contributed by atoms with E-state index in [1.165, 1.54) is 36.1 Å². The Morgan fingerprint density at radius 1 is 1.18 bits per heavy atom.